The Bertz CT molecular complexity index is 1960. The number of para-hydroxylation sites is 1. The van der Waals surface area contributed by atoms with Gasteiger partial charge in [-0.3, -0.25) is 24.1 Å². The second kappa shape index (κ2) is 11.5. The van der Waals surface area contributed by atoms with E-state index in [1.54, 1.807) is 19.1 Å². The van der Waals surface area contributed by atoms with Crippen LogP contribution in [0.25, 0.3) is 0 Å². The number of benzene rings is 3. The van der Waals surface area contributed by atoms with E-state index in [4.69, 9.17) is 16.3 Å². The number of rotatable bonds is 4. The minimum atomic E-state index is -1.51. The Labute approximate surface area is 285 Å². The van der Waals surface area contributed by atoms with Crippen LogP contribution in [0, 0.1) is 40.7 Å². The Hall–Kier alpha value is -4.61. The van der Waals surface area contributed by atoms with E-state index in [0.717, 1.165) is 35.8 Å². The minimum absolute atomic E-state index is 0.0644. The van der Waals surface area contributed by atoms with Gasteiger partial charge in [-0.05, 0) is 74.2 Å². The van der Waals surface area contributed by atoms with Gasteiger partial charge in [0.2, 0.25) is 23.6 Å². The van der Waals surface area contributed by atoms with Gasteiger partial charge in [0.05, 0.1) is 52.8 Å². The number of phenols is 1. The fourth-order valence-electron chi connectivity index (χ4n) is 8.88. The minimum Gasteiger partial charge on any atom is -0.505 e. The van der Waals surface area contributed by atoms with Gasteiger partial charge in [-0.2, -0.15) is 0 Å². The van der Waals surface area contributed by atoms with E-state index in [-0.39, 0.29) is 35.0 Å². The van der Waals surface area contributed by atoms with Gasteiger partial charge in [0.25, 0.3) is 0 Å². The molecule has 12 heteroatoms. The molecule has 252 valence electrons. The van der Waals surface area contributed by atoms with Gasteiger partial charge in [0.15, 0.2) is 11.6 Å². The quantitative estimate of drug-likeness (QED) is 0.281. The van der Waals surface area contributed by atoms with Crippen LogP contribution in [-0.4, -0.2) is 55.0 Å². The van der Waals surface area contributed by atoms with Crippen LogP contribution in [0.1, 0.15) is 31.2 Å². The number of aromatic hydroxyl groups is 1. The summed E-state index contributed by atoms with van der Waals surface area (Å²) in [5.74, 6) is -8.44. The topological polar surface area (TPSA) is 107 Å². The molecule has 8 rings (SSSR count). The van der Waals surface area contributed by atoms with E-state index in [9.17, 15) is 33.1 Å². The summed E-state index contributed by atoms with van der Waals surface area (Å²) in [6.07, 6.45) is 2.08. The zero-order chi connectivity index (χ0) is 34.4. The number of fused-ring (bicyclic) bond motifs is 4. The lowest BCUT2D eigenvalue weighted by atomic mass is 9.51. The Morgan fingerprint density at radius 3 is 2.24 bits per heavy atom. The van der Waals surface area contributed by atoms with E-state index in [1.165, 1.54) is 29.2 Å². The van der Waals surface area contributed by atoms with Crippen molar-refractivity contribution in [3.8, 4) is 5.75 Å². The number of carbonyl (C=O) groups is 4. The Morgan fingerprint density at radius 1 is 0.837 bits per heavy atom. The van der Waals surface area contributed by atoms with Crippen molar-refractivity contribution >= 4 is 52.3 Å². The van der Waals surface area contributed by atoms with Crippen LogP contribution in [0.3, 0.4) is 0 Å². The first-order valence-corrected chi connectivity index (χ1v) is 16.7. The molecule has 0 aromatic heterocycles. The number of allylic oxidation sites excluding steroid dienone is 2. The zero-order valence-corrected chi connectivity index (χ0v) is 27.2. The number of hydrogen-bond donors (Lipinski definition) is 1. The van der Waals surface area contributed by atoms with Crippen molar-refractivity contribution in [2.75, 3.05) is 41.0 Å². The molecule has 6 atom stereocenters. The van der Waals surface area contributed by atoms with Crippen molar-refractivity contribution in [2.24, 2.45) is 29.1 Å². The molecule has 6 unspecified atom stereocenters. The van der Waals surface area contributed by atoms with E-state index in [1.807, 2.05) is 18.2 Å². The molecule has 5 aliphatic rings. The van der Waals surface area contributed by atoms with Crippen LogP contribution in [0.2, 0.25) is 5.02 Å². The van der Waals surface area contributed by atoms with Crippen molar-refractivity contribution in [3.63, 3.8) is 0 Å². The number of phenolic OH excluding ortho intramolecular Hbond substituents is 1. The van der Waals surface area contributed by atoms with Crippen LogP contribution in [0.15, 0.2) is 72.3 Å². The fraction of sp³-hybridized carbons (Fsp3) is 0.351. The predicted octanol–water partition coefficient (Wildman–Crippen LogP) is 5.60. The molecule has 3 aromatic carbocycles. The highest BCUT2D eigenvalue weighted by Gasteiger charge is 2.68. The summed E-state index contributed by atoms with van der Waals surface area (Å²) in [4.78, 5) is 61.4. The van der Waals surface area contributed by atoms with Crippen molar-refractivity contribution in [2.45, 2.75) is 25.7 Å². The van der Waals surface area contributed by atoms with Gasteiger partial charge in [0.1, 0.15) is 5.82 Å². The monoisotopic (exact) mass is 687 g/mol. The number of ether oxygens (including phenoxy) is 1. The Kier molecular flexibility index (Phi) is 7.42. The van der Waals surface area contributed by atoms with Gasteiger partial charge < -0.3 is 14.7 Å². The van der Waals surface area contributed by atoms with Crippen LogP contribution in [0.4, 0.5) is 25.8 Å². The van der Waals surface area contributed by atoms with E-state index in [2.05, 4.69) is 4.90 Å². The molecule has 3 saturated heterocycles. The third-order valence-corrected chi connectivity index (χ3v) is 11.5. The average Bonchev–Trinajstić information content (AvgIpc) is 3.47. The number of amides is 4. The predicted molar refractivity (Wildman–Crippen MR) is 176 cm³/mol. The number of hydrogen-bond acceptors (Lipinski definition) is 7. The molecule has 1 N–H and O–H groups in total. The molecule has 3 aromatic rings. The summed E-state index contributed by atoms with van der Waals surface area (Å²) in [5, 5.41) is 10.8. The molecule has 49 heavy (non-hydrogen) atoms. The van der Waals surface area contributed by atoms with Gasteiger partial charge in [-0.1, -0.05) is 35.4 Å². The zero-order valence-electron chi connectivity index (χ0n) is 26.4. The molecular formula is C37H32ClF2N3O6. The standard InChI is InChI=1S/C37H32ClF2N3O6/c1-37-26(34(46)43(36(37)48)21-9-12-28(39)27(38)17-21)18-25-22(31(37)24-3-2-4-29(40)32(24)44)10-11-23-30(25)35(47)42(33(23)45)20-7-5-19(6-8-20)41-13-15-49-16-14-41/h2-10,12,17,23,25-26,30-31,44H,11,13-16,18H2,1H3. The number of imide groups is 2. The summed E-state index contributed by atoms with van der Waals surface area (Å²) in [6, 6.07) is 14.8. The van der Waals surface area contributed by atoms with Crippen molar-refractivity contribution < 1.29 is 37.8 Å². The number of carbonyl (C=O) groups excluding carboxylic acids is 4. The molecule has 4 amide bonds. The molecule has 0 radical (unpaired) electrons. The normalized spacial score (nSPS) is 29.6. The maximum absolute atomic E-state index is 14.9. The van der Waals surface area contributed by atoms with Crippen molar-refractivity contribution in [3.05, 3.63) is 94.5 Å². The Balaban J connectivity index is 1.20. The SMILES string of the molecule is CC12C(=O)N(c3ccc(F)c(Cl)c3)C(=O)C1CC1C(=CCC3C(=O)N(c4ccc(N5CCOCC5)cc4)C(=O)C31)C2c1cccc(F)c1O. The summed E-state index contributed by atoms with van der Waals surface area (Å²) in [6.45, 7) is 4.31. The Morgan fingerprint density at radius 2 is 1.53 bits per heavy atom. The lowest BCUT2D eigenvalue weighted by Gasteiger charge is -2.49. The largest absolute Gasteiger partial charge is 0.505 e. The second-order valence-electron chi connectivity index (χ2n) is 13.6. The first kappa shape index (κ1) is 31.6. The molecule has 2 aliphatic carbocycles. The molecular weight excluding hydrogens is 656 g/mol. The molecule has 0 bridgehead atoms. The fourth-order valence-corrected chi connectivity index (χ4v) is 9.06. The van der Waals surface area contributed by atoms with Gasteiger partial charge in [-0.25, -0.2) is 13.7 Å². The summed E-state index contributed by atoms with van der Waals surface area (Å²) < 4.78 is 34.5. The molecule has 1 saturated carbocycles. The van der Waals surface area contributed by atoms with Crippen LogP contribution in [-0.2, 0) is 23.9 Å². The molecule has 9 nitrogen and oxygen atoms in total. The maximum atomic E-state index is 14.9. The van der Waals surface area contributed by atoms with Gasteiger partial charge >= 0.3 is 0 Å². The third-order valence-electron chi connectivity index (χ3n) is 11.2. The smallest absolute Gasteiger partial charge is 0.241 e. The van der Waals surface area contributed by atoms with Crippen molar-refractivity contribution in [1.29, 1.82) is 0 Å². The van der Waals surface area contributed by atoms with E-state index >= 15 is 0 Å². The highest BCUT2D eigenvalue weighted by atomic mass is 35.5. The summed E-state index contributed by atoms with van der Waals surface area (Å²) >= 11 is 6.05. The summed E-state index contributed by atoms with van der Waals surface area (Å²) in [7, 11) is 0. The van der Waals surface area contributed by atoms with E-state index in [0.29, 0.717) is 24.5 Å². The average molecular weight is 688 g/mol. The highest BCUT2D eigenvalue weighted by molar-refractivity contribution is 6.32. The van der Waals surface area contributed by atoms with E-state index < -0.39 is 70.1 Å². The second-order valence-corrected chi connectivity index (χ2v) is 14.0. The third kappa shape index (κ3) is 4.58. The van der Waals surface area contributed by atoms with Gasteiger partial charge in [0, 0.05) is 30.3 Å². The summed E-state index contributed by atoms with van der Waals surface area (Å²) in [5.41, 5.74) is 0.663. The number of nitrogens with zero attached hydrogens (tertiary/aromatic N) is 3. The maximum Gasteiger partial charge on any atom is 0.241 e. The number of anilines is 3. The highest BCUT2D eigenvalue weighted by Crippen LogP contribution is 2.64. The molecule has 3 heterocycles. The van der Waals surface area contributed by atoms with Crippen LogP contribution in [0.5, 0.6) is 5.75 Å². The molecule has 4 fully saturated rings. The van der Waals surface area contributed by atoms with Gasteiger partial charge in [-0.15, -0.1) is 0 Å². The first-order valence-electron chi connectivity index (χ1n) is 16.3. The first-order chi connectivity index (χ1) is 23.5. The number of halogens is 3. The van der Waals surface area contributed by atoms with Crippen LogP contribution >= 0.6 is 11.6 Å². The number of morpholine rings is 1. The molecule has 3 aliphatic heterocycles. The lowest BCUT2D eigenvalue weighted by Crippen LogP contribution is -2.49. The van der Waals surface area contributed by atoms with Crippen LogP contribution < -0.4 is 14.7 Å². The lowest BCUT2D eigenvalue weighted by molar-refractivity contribution is -0.131. The van der Waals surface area contributed by atoms with Crippen molar-refractivity contribution in [1.82, 2.24) is 0 Å². The molecule has 0 spiro atoms.